The predicted molar refractivity (Wildman–Crippen MR) is 85.0 cm³/mol. The molecule has 2 aromatic carbocycles. The molecule has 6 heteroatoms. The quantitative estimate of drug-likeness (QED) is 0.450. The second-order valence-corrected chi connectivity index (χ2v) is 5.71. The number of hydrogen-bond acceptors (Lipinski definition) is 4. The molecule has 21 heavy (non-hydrogen) atoms. The van der Waals surface area contributed by atoms with Gasteiger partial charge in [-0.15, -0.1) is 11.8 Å². The molecular weight excluding hydrogens is 310 g/mol. The molecule has 0 spiro atoms. The Hall–Kier alpha value is -1.85. The predicted octanol–water partition coefficient (Wildman–Crippen LogP) is 4.36. The number of ketones is 1. The van der Waals surface area contributed by atoms with Gasteiger partial charge in [0.05, 0.1) is 10.7 Å². The first-order valence-electron chi connectivity index (χ1n) is 6.17. The standard InChI is InChI=1S/C15H12ClNO3S/c16-14-7-2-1-4-12(14)9-21-10-15(18)11-5-3-6-13(8-11)17(19)20/h1-8H,9-10H2. The fourth-order valence-electron chi connectivity index (χ4n) is 1.75. The molecule has 0 amide bonds. The minimum absolute atomic E-state index is 0.0723. The van der Waals surface area contributed by atoms with E-state index < -0.39 is 4.92 Å². The largest absolute Gasteiger partial charge is 0.293 e. The van der Waals surface area contributed by atoms with Crippen LogP contribution >= 0.6 is 23.4 Å². The zero-order chi connectivity index (χ0) is 15.2. The SMILES string of the molecule is O=C(CSCc1ccccc1Cl)c1cccc([N+](=O)[O-])c1. The molecule has 0 saturated heterocycles. The van der Waals surface area contributed by atoms with E-state index in [1.807, 2.05) is 18.2 Å². The first kappa shape index (κ1) is 15.5. The van der Waals surface area contributed by atoms with E-state index in [1.54, 1.807) is 12.1 Å². The fourth-order valence-corrected chi connectivity index (χ4v) is 2.95. The lowest BCUT2D eigenvalue weighted by molar-refractivity contribution is -0.384. The number of benzene rings is 2. The van der Waals surface area contributed by atoms with Crippen LogP contribution in [0.15, 0.2) is 48.5 Å². The summed E-state index contributed by atoms with van der Waals surface area (Å²) in [5.41, 5.74) is 1.25. The highest BCUT2D eigenvalue weighted by atomic mass is 35.5. The van der Waals surface area contributed by atoms with Crippen molar-refractivity contribution < 1.29 is 9.72 Å². The molecule has 0 N–H and O–H groups in total. The van der Waals surface area contributed by atoms with Crippen molar-refractivity contribution in [2.45, 2.75) is 5.75 Å². The number of thioether (sulfide) groups is 1. The minimum atomic E-state index is -0.506. The molecule has 0 heterocycles. The van der Waals surface area contributed by atoms with E-state index in [9.17, 15) is 14.9 Å². The van der Waals surface area contributed by atoms with E-state index in [2.05, 4.69) is 0 Å². The molecule has 0 radical (unpaired) electrons. The number of halogens is 1. The normalized spacial score (nSPS) is 10.3. The van der Waals surface area contributed by atoms with Gasteiger partial charge in [-0.1, -0.05) is 41.9 Å². The molecule has 0 aliphatic heterocycles. The first-order chi connectivity index (χ1) is 10.1. The van der Waals surface area contributed by atoms with Gasteiger partial charge in [0.1, 0.15) is 0 Å². The number of rotatable bonds is 6. The van der Waals surface area contributed by atoms with Crippen LogP contribution in [-0.2, 0) is 5.75 Å². The van der Waals surface area contributed by atoms with Crippen molar-refractivity contribution in [3.63, 3.8) is 0 Å². The first-order valence-corrected chi connectivity index (χ1v) is 7.70. The van der Waals surface area contributed by atoms with Crippen molar-refractivity contribution in [2.24, 2.45) is 0 Å². The molecule has 0 bridgehead atoms. The molecule has 2 aromatic rings. The highest BCUT2D eigenvalue weighted by Gasteiger charge is 2.11. The molecule has 108 valence electrons. The summed E-state index contributed by atoms with van der Waals surface area (Å²) >= 11 is 7.47. The van der Waals surface area contributed by atoms with Gasteiger partial charge in [-0.05, 0) is 11.6 Å². The van der Waals surface area contributed by atoms with Gasteiger partial charge in [-0.2, -0.15) is 0 Å². The number of hydrogen-bond donors (Lipinski definition) is 0. The average Bonchev–Trinajstić information content (AvgIpc) is 2.49. The zero-order valence-electron chi connectivity index (χ0n) is 11.0. The molecule has 2 rings (SSSR count). The monoisotopic (exact) mass is 321 g/mol. The number of Topliss-reactive ketones (excluding diaryl/α,β-unsaturated/α-hetero) is 1. The summed E-state index contributed by atoms with van der Waals surface area (Å²) in [5.74, 6) is 0.753. The molecule has 4 nitrogen and oxygen atoms in total. The van der Waals surface area contributed by atoms with Gasteiger partial charge < -0.3 is 0 Å². The number of nitro groups is 1. The van der Waals surface area contributed by atoms with Gasteiger partial charge in [0, 0.05) is 28.5 Å². The molecule has 0 saturated carbocycles. The summed E-state index contributed by atoms with van der Waals surface area (Å²) in [5, 5.41) is 11.4. The average molecular weight is 322 g/mol. The zero-order valence-corrected chi connectivity index (χ0v) is 12.6. The van der Waals surface area contributed by atoms with Gasteiger partial charge in [-0.3, -0.25) is 14.9 Å². The fraction of sp³-hybridized carbons (Fsp3) is 0.133. The third-order valence-corrected chi connectivity index (χ3v) is 4.18. The van der Waals surface area contributed by atoms with Crippen LogP contribution in [0.1, 0.15) is 15.9 Å². The number of nitrogens with zero attached hydrogens (tertiary/aromatic N) is 1. The van der Waals surface area contributed by atoms with Crippen molar-refractivity contribution in [3.05, 3.63) is 74.8 Å². The van der Waals surface area contributed by atoms with Crippen LogP contribution in [0.25, 0.3) is 0 Å². The lowest BCUT2D eigenvalue weighted by atomic mass is 10.1. The minimum Gasteiger partial charge on any atom is -0.293 e. The Morgan fingerprint density at radius 3 is 2.67 bits per heavy atom. The van der Waals surface area contributed by atoms with Crippen molar-refractivity contribution in [3.8, 4) is 0 Å². The van der Waals surface area contributed by atoms with Crippen molar-refractivity contribution in [1.29, 1.82) is 0 Å². The van der Waals surface area contributed by atoms with Crippen molar-refractivity contribution in [2.75, 3.05) is 5.75 Å². The Kier molecular flexibility index (Phi) is 5.36. The highest BCUT2D eigenvalue weighted by molar-refractivity contribution is 7.99. The smallest absolute Gasteiger partial charge is 0.270 e. The van der Waals surface area contributed by atoms with E-state index in [1.165, 1.54) is 30.0 Å². The molecule has 0 atom stereocenters. The molecule has 0 fully saturated rings. The molecule has 0 aliphatic carbocycles. The van der Waals surface area contributed by atoms with Crippen LogP contribution in [0, 0.1) is 10.1 Å². The van der Waals surface area contributed by atoms with Crippen LogP contribution < -0.4 is 0 Å². The number of nitro benzene ring substituents is 1. The summed E-state index contributed by atoms with van der Waals surface area (Å²) in [7, 11) is 0. The molecule has 0 unspecified atom stereocenters. The van der Waals surface area contributed by atoms with Gasteiger partial charge in [0.25, 0.3) is 5.69 Å². The third kappa shape index (κ3) is 4.31. The van der Waals surface area contributed by atoms with Crippen molar-refractivity contribution in [1.82, 2.24) is 0 Å². The van der Waals surface area contributed by atoms with E-state index in [4.69, 9.17) is 11.6 Å². The second-order valence-electron chi connectivity index (χ2n) is 4.31. The Labute approximate surface area is 131 Å². The van der Waals surface area contributed by atoms with E-state index in [0.717, 1.165) is 5.56 Å². The van der Waals surface area contributed by atoms with E-state index in [-0.39, 0.29) is 17.2 Å². The van der Waals surface area contributed by atoms with Crippen molar-refractivity contribution >= 4 is 34.8 Å². The lowest BCUT2D eigenvalue weighted by Gasteiger charge is -2.04. The summed E-state index contributed by atoms with van der Waals surface area (Å²) < 4.78 is 0. The topological polar surface area (TPSA) is 60.2 Å². The van der Waals surface area contributed by atoms with Crippen LogP contribution in [-0.4, -0.2) is 16.5 Å². The Bertz CT molecular complexity index is 675. The number of non-ortho nitro benzene ring substituents is 1. The maximum Gasteiger partial charge on any atom is 0.270 e. The second kappa shape index (κ2) is 7.24. The molecule has 0 aliphatic rings. The summed E-state index contributed by atoms with van der Waals surface area (Å²) in [4.78, 5) is 22.2. The van der Waals surface area contributed by atoms with Gasteiger partial charge >= 0.3 is 0 Å². The molecule has 0 aromatic heterocycles. The summed E-state index contributed by atoms with van der Waals surface area (Å²) in [6.45, 7) is 0. The third-order valence-electron chi connectivity index (χ3n) is 2.83. The Morgan fingerprint density at radius 1 is 1.19 bits per heavy atom. The maximum atomic E-state index is 12.0. The number of carbonyl (C=O) groups excluding carboxylic acids is 1. The van der Waals surface area contributed by atoms with Gasteiger partial charge in [-0.25, -0.2) is 0 Å². The highest BCUT2D eigenvalue weighted by Crippen LogP contribution is 2.22. The number of carbonyl (C=O) groups is 1. The van der Waals surface area contributed by atoms with Crippen LogP contribution in [0.4, 0.5) is 5.69 Å². The van der Waals surface area contributed by atoms with Crippen LogP contribution in [0.5, 0.6) is 0 Å². The van der Waals surface area contributed by atoms with Gasteiger partial charge in [0.2, 0.25) is 0 Å². The Balaban J connectivity index is 1.95. The molecular formula is C15H12ClNO3S. The van der Waals surface area contributed by atoms with Crippen LogP contribution in [0.3, 0.4) is 0 Å². The summed E-state index contributed by atoms with van der Waals surface area (Å²) in [6.07, 6.45) is 0. The van der Waals surface area contributed by atoms with Crippen LogP contribution in [0.2, 0.25) is 5.02 Å². The van der Waals surface area contributed by atoms with Gasteiger partial charge in [0.15, 0.2) is 5.78 Å². The maximum absolute atomic E-state index is 12.0. The Morgan fingerprint density at radius 2 is 1.95 bits per heavy atom. The summed E-state index contributed by atoms with van der Waals surface area (Å²) in [6, 6.07) is 13.2. The van der Waals surface area contributed by atoms with E-state index >= 15 is 0 Å². The van der Waals surface area contributed by atoms with E-state index in [0.29, 0.717) is 16.3 Å². The lowest BCUT2D eigenvalue weighted by Crippen LogP contribution is -2.03.